The van der Waals surface area contributed by atoms with Gasteiger partial charge >= 0.3 is 0 Å². The van der Waals surface area contributed by atoms with Crippen molar-refractivity contribution in [3.8, 4) is 11.5 Å². The average molecular weight is 714 g/mol. The molecule has 0 fully saturated rings. The van der Waals surface area contributed by atoms with Crippen molar-refractivity contribution in [2.75, 3.05) is 27.3 Å². The van der Waals surface area contributed by atoms with Crippen LogP contribution in [-0.4, -0.2) is 47.3 Å². The first-order chi connectivity index (χ1) is 22.7. The average Bonchev–Trinajstić information content (AvgIpc) is 3.53. The van der Waals surface area contributed by atoms with Crippen LogP contribution in [0.1, 0.15) is 49.2 Å². The van der Waals surface area contributed by atoms with Crippen LogP contribution in [0, 0.1) is 6.92 Å². The summed E-state index contributed by atoms with van der Waals surface area (Å²) in [6, 6.07) is 21.3. The van der Waals surface area contributed by atoms with Gasteiger partial charge in [-0.1, -0.05) is 57.6 Å². The van der Waals surface area contributed by atoms with Gasteiger partial charge in [0.15, 0.2) is 4.80 Å². The summed E-state index contributed by atoms with van der Waals surface area (Å²) in [6.07, 6.45) is 1.98. The summed E-state index contributed by atoms with van der Waals surface area (Å²) in [5.74, 6) is 0.991. The van der Waals surface area contributed by atoms with E-state index < -0.39 is 6.04 Å². The van der Waals surface area contributed by atoms with Crippen LogP contribution in [0.3, 0.4) is 0 Å². The Kier molecular flexibility index (Phi) is 9.25. The molecule has 1 atom stereocenters. The maximum Gasteiger partial charge on any atom is 0.271 e. The van der Waals surface area contributed by atoms with Crippen molar-refractivity contribution < 1.29 is 14.3 Å². The normalized spacial score (nSPS) is 14.7. The first-order valence-corrected chi connectivity index (χ1v) is 17.2. The molecule has 0 saturated heterocycles. The lowest BCUT2D eigenvalue weighted by Crippen LogP contribution is -2.43. The predicted octanol–water partition coefficient (Wildman–Crippen LogP) is 6.19. The van der Waals surface area contributed by atoms with Gasteiger partial charge in [0.05, 0.1) is 30.0 Å². The van der Waals surface area contributed by atoms with E-state index in [9.17, 15) is 9.59 Å². The molecule has 1 aliphatic rings. The molecule has 0 spiro atoms. The number of rotatable bonds is 9. The number of aromatic nitrogens is 2. The molecule has 242 valence electrons. The molecule has 0 saturated carbocycles. The summed E-state index contributed by atoms with van der Waals surface area (Å²) < 4.78 is 16.9. The molecular formula is C37H37BrN4O4S. The van der Waals surface area contributed by atoms with E-state index in [1.165, 1.54) is 16.9 Å². The first kappa shape index (κ1) is 32.5. The van der Waals surface area contributed by atoms with E-state index in [0.29, 0.717) is 57.3 Å². The SMILES string of the molecule is CCN(CC)C(=O)C1=C(C)N=c2s/c(=C/c3c(C)n(Cc4ccc(Br)cc4)c4ccccc34)c(=O)n2[C@@H]1c1cc(OC)ccc1OC. The highest BCUT2D eigenvalue weighted by Gasteiger charge is 2.36. The number of carbonyl (C=O) groups is 1. The van der Waals surface area contributed by atoms with Gasteiger partial charge in [0.2, 0.25) is 0 Å². The minimum absolute atomic E-state index is 0.160. The zero-order valence-electron chi connectivity index (χ0n) is 27.3. The molecule has 10 heteroatoms. The molecule has 2 aromatic heterocycles. The standard InChI is InChI=1S/C37H37BrN4O4S/c1-7-40(8-2)36(44)33-22(3)39-37-42(34(33)29-19-26(45-5)17-18-31(29)46-6)35(43)32(47-37)20-28-23(4)41(30-12-10-9-11-27(28)30)21-24-13-15-25(38)16-14-24/h9-20,34H,7-8,21H2,1-6H3/b32-20+/t34-/m1/s1. The van der Waals surface area contributed by atoms with Crippen LogP contribution in [0.25, 0.3) is 17.0 Å². The third kappa shape index (κ3) is 5.85. The van der Waals surface area contributed by atoms with Crippen molar-refractivity contribution in [3.05, 3.63) is 125 Å². The number of hydrogen-bond acceptors (Lipinski definition) is 6. The van der Waals surface area contributed by atoms with Crippen molar-refractivity contribution >= 4 is 50.2 Å². The van der Waals surface area contributed by atoms with Crippen LogP contribution in [0.5, 0.6) is 11.5 Å². The van der Waals surface area contributed by atoms with E-state index in [0.717, 1.165) is 26.6 Å². The Morgan fingerprint density at radius 2 is 1.74 bits per heavy atom. The highest BCUT2D eigenvalue weighted by atomic mass is 79.9. The molecular weight excluding hydrogens is 676 g/mol. The lowest BCUT2D eigenvalue weighted by Gasteiger charge is -2.30. The van der Waals surface area contributed by atoms with Gasteiger partial charge in [-0.2, -0.15) is 0 Å². The summed E-state index contributed by atoms with van der Waals surface area (Å²) in [6.45, 7) is 9.58. The number of hydrogen-bond donors (Lipinski definition) is 0. The number of methoxy groups -OCH3 is 2. The molecule has 6 rings (SSSR count). The van der Waals surface area contributed by atoms with Crippen LogP contribution in [-0.2, 0) is 11.3 Å². The number of ether oxygens (including phenoxy) is 2. The second-order valence-corrected chi connectivity index (χ2v) is 13.3. The number of fused-ring (bicyclic) bond motifs is 2. The largest absolute Gasteiger partial charge is 0.497 e. The fourth-order valence-corrected chi connectivity index (χ4v) is 7.66. The van der Waals surface area contributed by atoms with Crippen molar-refractivity contribution in [2.45, 2.75) is 40.3 Å². The molecule has 47 heavy (non-hydrogen) atoms. The second kappa shape index (κ2) is 13.4. The maximum absolute atomic E-state index is 14.6. The highest BCUT2D eigenvalue weighted by Crippen LogP contribution is 2.38. The van der Waals surface area contributed by atoms with Gasteiger partial charge in [-0.05, 0) is 75.7 Å². The topological polar surface area (TPSA) is 78.1 Å². The lowest BCUT2D eigenvalue weighted by atomic mass is 9.93. The van der Waals surface area contributed by atoms with E-state index >= 15 is 0 Å². The number of para-hydroxylation sites is 1. The van der Waals surface area contributed by atoms with Gasteiger partial charge in [-0.3, -0.25) is 14.2 Å². The predicted molar refractivity (Wildman–Crippen MR) is 191 cm³/mol. The Balaban J connectivity index is 1.58. The minimum atomic E-state index is -0.758. The summed E-state index contributed by atoms with van der Waals surface area (Å²) in [4.78, 5) is 35.8. The lowest BCUT2D eigenvalue weighted by molar-refractivity contribution is -0.127. The van der Waals surface area contributed by atoms with Gasteiger partial charge in [-0.15, -0.1) is 0 Å². The number of carbonyl (C=O) groups excluding carboxylic acids is 1. The number of nitrogens with zero attached hydrogens (tertiary/aromatic N) is 4. The Bertz CT molecular complexity index is 2210. The quantitative estimate of drug-likeness (QED) is 0.183. The zero-order valence-corrected chi connectivity index (χ0v) is 29.7. The minimum Gasteiger partial charge on any atom is -0.497 e. The van der Waals surface area contributed by atoms with Gasteiger partial charge in [-0.25, -0.2) is 4.99 Å². The number of halogens is 1. The summed E-state index contributed by atoms with van der Waals surface area (Å²) >= 11 is 4.86. The van der Waals surface area contributed by atoms with Crippen molar-refractivity contribution in [1.29, 1.82) is 0 Å². The molecule has 0 radical (unpaired) electrons. The molecule has 0 aliphatic carbocycles. The number of benzene rings is 3. The Morgan fingerprint density at radius 3 is 2.43 bits per heavy atom. The van der Waals surface area contributed by atoms with Gasteiger partial charge in [0.25, 0.3) is 11.5 Å². The molecule has 1 amide bonds. The Labute approximate surface area is 286 Å². The first-order valence-electron chi connectivity index (χ1n) is 15.6. The molecule has 8 nitrogen and oxygen atoms in total. The molecule has 3 aromatic carbocycles. The highest BCUT2D eigenvalue weighted by molar-refractivity contribution is 9.10. The van der Waals surface area contributed by atoms with E-state index in [-0.39, 0.29) is 11.5 Å². The molecule has 1 aliphatic heterocycles. The van der Waals surface area contributed by atoms with Crippen LogP contribution < -0.4 is 24.4 Å². The molecule has 5 aromatic rings. The number of thiazole rings is 1. The summed E-state index contributed by atoms with van der Waals surface area (Å²) in [5.41, 5.74) is 5.77. The number of likely N-dealkylation sites (N-methyl/N-ethyl adjacent to an activating group) is 1. The fraction of sp³-hybridized carbons (Fsp3) is 0.270. The van der Waals surface area contributed by atoms with Gasteiger partial charge < -0.3 is 18.9 Å². The van der Waals surface area contributed by atoms with Crippen LogP contribution >= 0.6 is 27.3 Å². The monoisotopic (exact) mass is 712 g/mol. The smallest absolute Gasteiger partial charge is 0.271 e. The fourth-order valence-electron chi connectivity index (χ4n) is 6.37. The molecule has 0 unspecified atom stereocenters. The molecule has 3 heterocycles. The van der Waals surface area contributed by atoms with E-state index in [4.69, 9.17) is 14.5 Å². The van der Waals surface area contributed by atoms with Crippen LogP contribution in [0.15, 0.2) is 92.3 Å². The number of allylic oxidation sites excluding steroid dienone is 1. The summed E-state index contributed by atoms with van der Waals surface area (Å²) in [7, 11) is 3.18. The van der Waals surface area contributed by atoms with E-state index in [1.54, 1.807) is 29.8 Å². The van der Waals surface area contributed by atoms with Gasteiger partial charge in [0, 0.05) is 51.8 Å². The Morgan fingerprint density at radius 1 is 1.02 bits per heavy atom. The van der Waals surface area contributed by atoms with E-state index in [2.05, 4.69) is 51.7 Å². The molecule has 0 bridgehead atoms. The van der Waals surface area contributed by atoms with Crippen molar-refractivity contribution in [1.82, 2.24) is 14.0 Å². The van der Waals surface area contributed by atoms with Crippen molar-refractivity contribution in [3.63, 3.8) is 0 Å². The van der Waals surface area contributed by atoms with E-state index in [1.807, 2.05) is 63.2 Å². The third-order valence-electron chi connectivity index (χ3n) is 8.84. The number of amides is 1. The Hall–Kier alpha value is -4.41. The zero-order chi connectivity index (χ0) is 33.4. The van der Waals surface area contributed by atoms with Crippen molar-refractivity contribution in [2.24, 2.45) is 4.99 Å². The van der Waals surface area contributed by atoms with Gasteiger partial charge in [0.1, 0.15) is 17.5 Å². The summed E-state index contributed by atoms with van der Waals surface area (Å²) in [5, 5.41) is 1.06. The maximum atomic E-state index is 14.6. The second-order valence-electron chi connectivity index (χ2n) is 11.4. The molecule has 0 N–H and O–H groups in total. The van der Waals surface area contributed by atoms with Crippen LogP contribution in [0.2, 0.25) is 0 Å². The van der Waals surface area contributed by atoms with Crippen LogP contribution in [0.4, 0.5) is 0 Å². The third-order valence-corrected chi connectivity index (χ3v) is 10.4.